The molecule has 3 aliphatic carbocycles. The molecule has 10 heteroatoms. The van der Waals surface area contributed by atoms with Crippen molar-refractivity contribution in [1.29, 1.82) is 0 Å². The fourth-order valence-corrected chi connectivity index (χ4v) is 6.77. The average Bonchev–Trinajstić information content (AvgIpc) is 3.17. The molecule has 0 spiro atoms. The number of aromatic hydroxyl groups is 2. The zero-order valence-corrected chi connectivity index (χ0v) is 21.8. The van der Waals surface area contributed by atoms with Crippen molar-refractivity contribution in [3.05, 3.63) is 87.0 Å². The molecule has 0 saturated carbocycles. The van der Waals surface area contributed by atoms with Crippen molar-refractivity contribution in [3.63, 3.8) is 0 Å². The largest absolute Gasteiger partial charge is 0.508 e. The second-order valence-electron chi connectivity index (χ2n) is 10.5. The van der Waals surface area contributed by atoms with E-state index in [-0.39, 0.29) is 58.1 Å². The summed E-state index contributed by atoms with van der Waals surface area (Å²) in [6.45, 7) is 1.55. The number of hydrogen-bond donors (Lipinski definition) is 3. The number of allylic oxidation sites excluding steroid dienone is 6. The standard InChI is InChI=1S/C30H22ClNO8/c1-12-8-23(35)26-20(27(12)36)11-18-15(24(26)19-9-13(31)2-7-21(19)33)5-6-17-25(18)29(38)32(28(17)37)14-3-4-16(30(39)40)22(34)10-14/h2-5,7-10,17-18,24-25,33-34H,6,11H2,1H3,(H,39,40)/t17-,18+,24+,25-/m0/s1. The first-order chi connectivity index (χ1) is 19.0. The fraction of sp³-hybridized carbons (Fsp3) is 0.233. The van der Waals surface area contributed by atoms with Gasteiger partial charge in [-0.15, -0.1) is 0 Å². The number of ketones is 2. The molecule has 1 fully saturated rings. The summed E-state index contributed by atoms with van der Waals surface area (Å²) in [5.74, 6) is -6.91. The van der Waals surface area contributed by atoms with Gasteiger partial charge in [0.1, 0.15) is 17.1 Å². The molecular formula is C30H22ClNO8. The van der Waals surface area contributed by atoms with Gasteiger partial charge in [-0.05, 0) is 62.1 Å². The van der Waals surface area contributed by atoms with Crippen LogP contribution in [0, 0.1) is 17.8 Å². The maximum atomic E-state index is 13.9. The lowest BCUT2D eigenvalue weighted by molar-refractivity contribution is -0.123. The quantitative estimate of drug-likeness (QED) is 0.289. The van der Waals surface area contributed by atoms with E-state index in [9.17, 15) is 39.3 Å². The molecule has 3 N–H and O–H groups in total. The highest BCUT2D eigenvalue weighted by atomic mass is 35.5. The zero-order valence-electron chi connectivity index (χ0n) is 21.1. The Hall–Kier alpha value is -4.50. The molecule has 40 heavy (non-hydrogen) atoms. The monoisotopic (exact) mass is 559 g/mol. The minimum Gasteiger partial charge on any atom is -0.508 e. The van der Waals surface area contributed by atoms with Crippen LogP contribution in [0.2, 0.25) is 5.02 Å². The predicted molar refractivity (Wildman–Crippen MR) is 142 cm³/mol. The van der Waals surface area contributed by atoms with Gasteiger partial charge in [0.25, 0.3) is 0 Å². The number of imide groups is 1. The van der Waals surface area contributed by atoms with E-state index in [1.807, 2.05) is 6.08 Å². The van der Waals surface area contributed by atoms with Gasteiger partial charge in [-0.3, -0.25) is 19.2 Å². The number of aromatic carboxylic acids is 1. The van der Waals surface area contributed by atoms with Crippen LogP contribution in [0.5, 0.6) is 11.5 Å². The number of carbonyl (C=O) groups is 5. The smallest absolute Gasteiger partial charge is 0.339 e. The highest BCUT2D eigenvalue weighted by Gasteiger charge is 2.57. The summed E-state index contributed by atoms with van der Waals surface area (Å²) >= 11 is 6.26. The summed E-state index contributed by atoms with van der Waals surface area (Å²) in [7, 11) is 0. The van der Waals surface area contributed by atoms with Gasteiger partial charge >= 0.3 is 5.97 Å². The Morgan fingerprint density at radius 1 is 0.975 bits per heavy atom. The van der Waals surface area contributed by atoms with Crippen LogP contribution in [-0.2, 0) is 19.2 Å². The third kappa shape index (κ3) is 3.65. The van der Waals surface area contributed by atoms with Crippen LogP contribution in [0.15, 0.2) is 70.8 Å². The molecule has 202 valence electrons. The number of fused-ring (bicyclic) bond motifs is 3. The molecule has 0 radical (unpaired) electrons. The van der Waals surface area contributed by atoms with E-state index in [0.29, 0.717) is 16.2 Å². The van der Waals surface area contributed by atoms with Gasteiger partial charge in [-0.1, -0.05) is 23.3 Å². The van der Waals surface area contributed by atoms with Gasteiger partial charge in [-0.25, -0.2) is 9.69 Å². The molecule has 9 nitrogen and oxygen atoms in total. The molecule has 2 aromatic carbocycles. The molecule has 0 bridgehead atoms. The maximum Gasteiger partial charge on any atom is 0.339 e. The molecule has 1 aliphatic heterocycles. The molecule has 0 unspecified atom stereocenters. The molecule has 4 aliphatic rings. The second-order valence-corrected chi connectivity index (χ2v) is 10.9. The van der Waals surface area contributed by atoms with Crippen LogP contribution in [0.4, 0.5) is 5.69 Å². The fourth-order valence-electron chi connectivity index (χ4n) is 6.59. The number of amides is 2. The number of anilines is 1. The van der Waals surface area contributed by atoms with Gasteiger partial charge in [0, 0.05) is 39.3 Å². The van der Waals surface area contributed by atoms with Crippen molar-refractivity contribution in [2.45, 2.75) is 25.7 Å². The molecule has 0 aromatic heterocycles. The average molecular weight is 560 g/mol. The number of benzene rings is 2. The number of nitrogens with zero attached hydrogens (tertiary/aromatic N) is 1. The Morgan fingerprint density at radius 2 is 1.73 bits per heavy atom. The third-order valence-electron chi connectivity index (χ3n) is 8.33. The van der Waals surface area contributed by atoms with Crippen LogP contribution in [-0.4, -0.2) is 44.7 Å². The number of phenols is 2. The summed E-state index contributed by atoms with van der Waals surface area (Å²) in [6, 6.07) is 7.92. The normalized spacial score (nSPS) is 25.8. The van der Waals surface area contributed by atoms with E-state index in [1.54, 1.807) is 6.92 Å². The van der Waals surface area contributed by atoms with E-state index in [0.717, 1.165) is 17.0 Å². The third-order valence-corrected chi connectivity index (χ3v) is 8.57. The summed E-state index contributed by atoms with van der Waals surface area (Å²) < 4.78 is 0. The number of Topliss-reactive ketones (excluding diaryl/α,β-unsaturated/α-hetero) is 1. The Morgan fingerprint density at radius 3 is 2.42 bits per heavy atom. The number of carboxylic acids is 1. The van der Waals surface area contributed by atoms with Crippen LogP contribution in [0.25, 0.3) is 0 Å². The SMILES string of the molecule is CC1=CC(=O)C2=C(C[C@@H]3C(=CC[C@@H]4C(=O)N(c5ccc(C(=O)O)c(O)c5)C(=O)[C@@H]43)[C@@H]2c2cc(Cl)ccc2O)C1=O. The lowest BCUT2D eigenvalue weighted by Gasteiger charge is -2.42. The van der Waals surface area contributed by atoms with Gasteiger partial charge in [0.15, 0.2) is 11.6 Å². The van der Waals surface area contributed by atoms with Gasteiger partial charge in [-0.2, -0.15) is 0 Å². The number of halogens is 1. The van der Waals surface area contributed by atoms with E-state index in [1.165, 1.54) is 30.3 Å². The van der Waals surface area contributed by atoms with Gasteiger partial charge in [0.05, 0.1) is 17.5 Å². The summed E-state index contributed by atoms with van der Waals surface area (Å²) in [6.07, 6.45) is 3.32. The van der Waals surface area contributed by atoms with E-state index in [2.05, 4.69) is 0 Å². The van der Waals surface area contributed by atoms with Crippen LogP contribution < -0.4 is 4.90 Å². The summed E-state index contributed by atoms with van der Waals surface area (Å²) in [5, 5.41) is 30.6. The molecule has 4 atom stereocenters. The van der Waals surface area contributed by atoms with Gasteiger partial charge in [0.2, 0.25) is 11.8 Å². The molecule has 2 amide bonds. The van der Waals surface area contributed by atoms with Crippen LogP contribution >= 0.6 is 11.6 Å². The Kier molecular flexibility index (Phi) is 5.81. The van der Waals surface area contributed by atoms with Crippen molar-refractivity contribution in [2.75, 3.05) is 4.90 Å². The number of carboxylic acid groups (broad SMARTS) is 1. The predicted octanol–water partition coefficient (Wildman–Crippen LogP) is 4.08. The molecule has 1 saturated heterocycles. The highest BCUT2D eigenvalue weighted by molar-refractivity contribution is 6.30. The topological polar surface area (TPSA) is 149 Å². The first-order valence-corrected chi connectivity index (χ1v) is 13.0. The first kappa shape index (κ1) is 25.8. The van der Waals surface area contributed by atoms with E-state index in [4.69, 9.17) is 11.6 Å². The Labute approximate surface area is 232 Å². The highest BCUT2D eigenvalue weighted by Crippen LogP contribution is 2.56. The van der Waals surface area contributed by atoms with Gasteiger partial charge < -0.3 is 15.3 Å². The molecule has 1 heterocycles. The lowest BCUT2D eigenvalue weighted by atomic mass is 9.59. The number of rotatable bonds is 3. The van der Waals surface area contributed by atoms with Crippen molar-refractivity contribution >= 4 is 46.6 Å². The van der Waals surface area contributed by atoms with Crippen LogP contribution in [0.1, 0.15) is 41.6 Å². The number of phenolic OH excluding ortho intramolecular Hbond substituents is 1. The zero-order chi connectivity index (χ0) is 28.6. The van der Waals surface area contributed by atoms with E-state index < -0.39 is 47.2 Å². The number of carbonyl (C=O) groups excluding carboxylic acids is 4. The van der Waals surface area contributed by atoms with Crippen LogP contribution in [0.3, 0.4) is 0 Å². The minimum absolute atomic E-state index is 0.0379. The summed E-state index contributed by atoms with van der Waals surface area (Å²) in [5.41, 5.74) is 1.39. The van der Waals surface area contributed by atoms with Crippen molar-refractivity contribution in [1.82, 2.24) is 0 Å². The molecular weight excluding hydrogens is 538 g/mol. The number of hydrogen-bond acceptors (Lipinski definition) is 7. The van der Waals surface area contributed by atoms with Crippen molar-refractivity contribution in [3.8, 4) is 11.5 Å². The molecule has 6 rings (SSSR count). The molecule has 2 aromatic rings. The first-order valence-electron chi connectivity index (χ1n) is 12.6. The second kappa shape index (κ2) is 9.02. The van der Waals surface area contributed by atoms with E-state index >= 15 is 0 Å². The Balaban J connectivity index is 1.48. The maximum absolute atomic E-state index is 13.9. The lowest BCUT2D eigenvalue weighted by Crippen LogP contribution is -2.39. The van der Waals surface area contributed by atoms with Crippen molar-refractivity contribution < 1.29 is 39.3 Å². The minimum atomic E-state index is -1.36. The summed E-state index contributed by atoms with van der Waals surface area (Å²) in [4.78, 5) is 66.3. The van der Waals surface area contributed by atoms with Crippen molar-refractivity contribution in [2.24, 2.45) is 17.8 Å². The Bertz CT molecular complexity index is 1680.